The number of aryl methyl sites for hydroxylation is 1. The van der Waals surface area contributed by atoms with Gasteiger partial charge in [0.2, 0.25) is 5.88 Å². The van der Waals surface area contributed by atoms with Crippen LogP contribution < -0.4 is 15.8 Å². The van der Waals surface area contributed by atoms with Gasteiger partial charge in [-0.2, -0.15) is 13.2 Å². The molecule has 3 aromatic rings. The van der Waals surface area contributed by atoms with E-state index in [0.717, 1.165) is 12.5 Å². The maximum absolute atomic E-state index is 12.8. The molecular weight excluding hydrogens is 347 g/mol. The molecule has 1 aromatic carbocycles. The zero-order valence-corrected chi connectivity index (χ0v) is 14.0. The fraction of sp³-hybridized carbons (Fsp3) is 0.235. The first-order chi connectivity index (χ1) is 12.3. The molecule has 2 heterocycles. The van der Waals surface area contributed by atoms with Crippen molar-refractivity contribution in [3.8, 4) is 5.88 Å². The van der Waals surface area contributed by atoms with Gasteiger partial charge >= 0.3 is 6.18 Å². The fourth-order valence-electron chi connectivity index (χ4n) is 2.46. The topological polar surface area (TPSA) is 86.0 Å². The van der Waals surface area contributed by atoms with Crippen molar-refractivity contribution in [1.29, 1.82) is 0 Å². The Bertz CT molecular complexity index is 945. The summed E-state index contributed by atoms with van der Waals surface area (Å²) in [5, 5.41) is 3.69. The molecule has 0 fully saturated rings. The van der Waals surface area contributed by atoms with Gasteiger partial charge in [-0.15, -0.1) is 0 Å². The third kappa shape index (κ3) is 3.61. The van der Waals surface area contributed by atoms with Gasteiger partial charge < -0.3 is 15.8 Å². The van der Waals surface area contributed by atoms with Crippen LogP contribution in [0.3, 0.4) is 0 Å². The normalized spacial score (nSPS) is 12.8. The van der Waals surface area contributed by atoms with Gasteiger partial charge in [-0.25, -0.2) is 15.0 Å². The molecule has 1 atom stereocenters. The predicted octanol–water partition coefficient (Wildman–Crippen LogP) is 3.99. The van der Waals surface area contributed by atoms with Crippen molar-refractivity contribution in [1.82, 2.24) is 15.0 Å². The molecule has 0 saturated carbocycles. The Labute approximate surface area is 147 Å². The lowest BCUT2D eigenvalue weighted by atomic mass is 10.1. The smallest absolute Gasteiger partial charge is 0.425 e. The van der Waals surface area contributed by atoms with Gasteiger partial charge in [0.1, 0.15) is 17.8 Å². The number of aromatic nitrogens is 3. The molecule has 0 aliphatic heterocycles. The van der Waals surface area contributed by atoms with E-state index in [-0.39, 0.29) is 11.6 Å². The van der Waals surface area contributed by atoms with Crippen molar-refractivity contribution in [2.24, 2.45) is 0 Å². The number of halogens is 3. The second kappa shape index (κ2) is 6.66. The first-order valence-electron chi connectivity index (χ1n) is 7.72. The van der Waals surface area contributed by atoms with Gasteiger partial charge in [-0.3, -0.25) is 0 Å². The minimum Gasteiger partial charge on any atom is -0.464 e. The van der Waals surface area contributed by atoms with Crippen molar-refractivity contribution in [3.05, 3.63) is 42.4 Å². The summed E-state index contributed by atoms with van der Waals surface area (Å²) >= 11 is 0. The molecule has 0 aliphatic rings. The number of hydrogen-bond acceptors (Lipinski definition) is 6. The van der Waals surface area contributed by atoms with Crippen molar-refractivity contribution in [2.75, 3.05) is 11.1 Å². The molecule has 2 aromatic heterocycles. The molecule has 9 heteroatoms. The molecule has 3 N–H and O–H groups in total. The number of nitrogens with two attached hydrogens (primary N) is 1. The number of anilines is 3. The van der Waals surface area contributed by atoms with Crippen LogP contribution in [0, 0.1) is 6.92 Å². The Kier molecular flexibility index (Phi) is 4.54. The zero-order chi connectivity index (χ0) is 18.9. The number of ether oxygens (including phenoxy) is 1. The van der Waals surface area contributed by atoms with Gasteiger partial charge in [0.25, 0.3) is 0 Å². The molecule has 0 aliphatic carbocycles. The third-order valence-electron chi connectivity index (χ3n) is 3.73. The lowest BCUT2D eigenvalue weighted by Crippen LogP contribution is -2.31. The minimum atomic E-state index is -4.50. The number of nitrogen functional groups attached to an aromatic ring is 1. The van der Waals surface area contributed by atoms with E-state index < -0.39 is 12.3 Å². The maximum Gasteiger partial charge on any atom is 0.425 e. The standard InChI is InChI=1S/C17H16F3N5O/c1-9-6-11(21)7-13-14(9)15(24-8-23-13)25-12-4-3-5-22-16(12)26-10(2)17(18,19)20/h3-8,10H,21H2,1-2H3,(H,23,24,25). The molecule has 1 unspecified atom stereocenters. The first-order valence-corrected chi connectivity index (χ1v) is 7.72. The monoisotopic (exact) mass is 363 g/mol. The molecule has 6 nitrogen and oxygen atoms in total. The van der Waals surface area contributed by atoms with Crippen molar-refractivity contribution in [2.45, 2.75) is 26.1 Å². The highest BCUT2D eigenvalue weighted by Gasteiger charge is 2.38. The number of nitrogens with zero attached hydrogens (tertiary/aromatic N) is 3. The quantitative estimate of drug-likeness (QED) is 0.682. The highest BCUT2D eigenvalue weighted by atomic mass is 19.4. The minimum absolute atomic E-state index is 0.169. The Balaban J connectivity index is 1.99. The summed E-state index contributed by atoms with van der Waals surface area (Å²) < 4.78 is 43.3. The number of pyridine rings is 1. The molecule has 0 amide bonds. The number of rotatable bonds is 4. The maximum atomic E-state index is 12.8. The fourth-order valence-corrected chi connectivity index (χ4v) is 2.46. The summed E-state index contributed by atoms with van der Waals surface area (Å²) in [6.45, 7) is 2.77. The molecule has 0 radical (unpaired) electrons. The van der Waals surface area contributed by atoms with Crippen LogP contribution in [-0.4, -0.2) is 27.2 Å². The van der Waals surface area contributed by atoms with Crippen LogP contribution in [0.4, 0.5) is 30.4 Å². The molecule has 0 saturated heterocycles. The van der Waals surface area contributed by atoms with Crippen molar-refractivity contribution in [3.63, 3.8) is 0 Å². The van der Waals surface area contributed by atoms with Crippen LogP contribution in [-0.2, 0) is 0 Å². The summed E-state index contributed by atoms with van der Waals surface area (Å²) in [4.78, 5) is 12.3. The van der Waals surface area contributed by atoms with Gasteiger partial charge in [0, 0.05) is 17.3 Å². The molecular formula is C17H16F3N5O. The molecule has 3 rings (SSSR count). The Morgan fingerprint density at radius 1 is 1.19 bits per heavy atom. The second-order valence-corrected chi connectivity index (χ2v) is 5.74. The van der Waals surface area contributed by atoms with E-state index in [1.54, 1.807) is 24.3 Å². The van der Waals surface area contributed by atoms with Crippen molar-refractivity contribution >= 4 is 28.1 Å². The lowest BCUT2D eigenvalue weighted by Gasteiger charge is -2.19. The van der Waals surface area contributed by atoms with Crippen LogP contribution in [0.15, 0.2) is 36.8 Å². The summed E-state index contributed by atoms with van der Waals surface area (Å²) in [6.07, 6.45) is -3.79. The number of nitrogens with one attached hydrogen (secondary N) is 1. The Hall–Kier alpha value is -3.10. The Morgan fingerprint density at radius 2 is 1.96 bits per heavy atom. The summed E-state index contributed by atoms with van der Waals surface area (Å²) in [7, 11) is 0. The summed E-state index contributed by atoms with van der Waals surface area (Å²) in [6, 6.07) is 6.61. The zero-order valence-electron chi connectivity index (χ0n) is 14.0. The largest absolute Gasteiger partial charge is 0.464 e. The Morgan fingerprint density at radius 3 is 2.69 bits per heavy atom. The van der Waals surface area contributed by atoms with E-state index in [1.165, 1.54) is 12.5 Å². The van der Waals surface area contributed by atoms with Crippen molar-refractivity contribution < 1.29 is 17.9 Å². The van der Waals surface area contributed by atoms with Crippen LogP contribution in [0.5, 0.6) is 5.88 Å². The number of fused-ring (bicyclic) bond motifs is 1. The van der Waals surface area contributed by atoms with Gasteiger partial charge in [0.15, 0.2) is 6.10 Å². The molecule has 0 spiro atoms. The SMILES string of the molecule is Cc1cc(N)cc2ncnc(Nc3cccnc3OC(C)C(F)(F)F)c12. The summed E-state index contributed by atoms with van der Waals surface area (Å²) in [5.41, 5.74) is 8.10. The number of alkyl halides is 3. The average Bonchev–Trinajstić information content (AvgIpc) is 2.55. The van der Waals surface area contributed by atoms with E-state index >= 15 is 0 Å². The van der Waals surface area contributed by atoms with Gasteiger partial charge in [0.05, 0.1) is 5.52 Å². The van der Waals surface area contributed by atoms with Crippen LogP contribution in [0.2, 0.25) is 0 Å². The third-order valence-corrected chi connectivity index (χ3v) is 3.73. The average molecular weight is 363 g/mol. The van der Waals surface area contributed by atoms with Gasteiger partial charge in [-0.1, -0.05) is 0 Å². The molecule has 136 valence electrons. The number of benzene rings is 1. The highest BCUT2D eigenvalue weighted by Crippen LogP contribution is 2.32. The predicted molar refractivity (Wildman–Crippen MR) is 92.4 cm³/mol. The molecule has 0 bridgehead atoms. The highest BCUT2D eigenvalue weighted by molar-refractivity contribution is 5.95. The van der Waals surface area contributed by atoms with E-state index in [4.69, 9.17) is 10.5 Å². The second-order valence-electron chi connectivity index (χ2n) is 5.74. The lowest BCUT2D eigenvalue weighted by molar-refractivity contribution is -0.189. The van der Waals surface area contributed by atoms with E-state index in [0.29, 0.717) is 22.4 Å². The van der Waals surface area contributed by atoms with E-state index in [1.807, 2.05) is 6.92 Å². The van der Waals surface area contributed by atoms with Gasteiger partial charge in [-0.05, 0) is 43.7 Å². The van der Waals surface area contributed by atoms with E-state index in [2.05, 4.69) is 20.3 Å². The van der Waals surface area contributed by atoms with Crippen LogP contribution in [0.1, 0.15) is 12.5 Å². The first kappa shape index (κ1) is 17.7. The summed E-state index contributed by atoms with van der Waals surface area (Å²) in [5.74, 6) is 0.252. The van der Waals surface area contributed by atoms with Crippen LogP contribution in [0.25, 0.3) is 10.9 Å². The van der Waals surface area contributed by atoms with Crippen LogP contribution >= 0.6 is 0 Å². The number of hydrogen-bond donors (Lipinski definition) is 2. The van der Waals surface area contributed by atoms with E-state index in [9.17, 15) is 13.2 Å². The molecule has 26 heavy (non-hydrogen) atoms.